The minimum absolute atomic E-state index is 0.000637. The average Bonchev–Trinajstić information content (AvgIpc) is 2.94. The lowest BCUT2D eigenvalue weighted by Crippen LogP contribution is -2.44. The van der Waals surface area contributed by atoms with Crippen LogP contribution in [-0.4, -0.2) is 32.4 Å². The lowest BCUT2D eigenvalue weighted by atomic mass is 10.0. The second-order valence-electron chi connectivity index (χ2n) is 7.29. The Kier molecular flexibility index (Phi) is 4.11. The van der Waals surface area contributed by atoms with Crippen molar-refractivity contribution in [2.24, 2.45) is 0 Å². The van der Waals surface area contributed by atoms with Gasteiger partial charge in [-0.3, -0.25) is 19.1 Å². The number of benzene rings is 1. The SMILES string of the molecule is CC1(C)Cn2c(nc(-c3ccncc3)cc2=O)N1CC(=O)c1ccccc1. The number of carbonyl (C=O) groups is 1. The minimum atomic E-state index is -0.388. The van der Waals surface area contributed by atoms with E-state index in [2.05, 4.69) is 4.98 Å². The van der Waals surface area contributed by atoms with Gasteiger partial charge in [0, 0.05) is 29.6 Å². The molecule has 0 atom stereocenters. The molecule has 0 saturated carbocycles. The maximum Gasteiger partial charge on any atom is 0.255 e. The molecule has 0 amide bonds. The van der Waals surface area contributed by atoms with Crippen molar-refractivity contribution in [3.63, 3.8) is 0 Å². The van der Waals surface area contributed by atoms with Crippen LogP contribution in [0.25, 0.3) is 11.3 Å². The minimum Gasteiger partial charge on any atom is -0.328 e. The van der Waals surface area contributed by atoms with E-state index in [0.717, 1.165) is 5.56 Å². The molecule has 1 aliphatic heterocycles. The number of aromatic nitrogens is 3. The van der Waals surface area contributed by atoms with Crippen molar-refractivity contribution >= 4 is 11.7 Å². The second kappa shape index (κ2) is 6.46. The molecular weight excluding hydrogens is 340 g/mol. The Balaban J connectivity index is 1.75. The van der Waals surface area contributed by atoms with Crippen LogP contribution in [0.2, 0.25) is 0 Å². The van der Waals surface area contributed by atoms with E-state index >= 15 is 0 Å². The molecule has 0 fully saturated rings. The van der Waals surface area contributed by atoms with Crippen LogP contribution in [0.3, 0.4) is 0 Å². The molecule has 136 valence electrons. The molecule has 4 rings (SSSR count). The topological polar surface area (TPSA) is 68.1 Å². The Hall–Kier alpha value is -3.28. The fourth-order valence-electron chi connectivity index (χ4n) is 3.41. The summed E-state index contributed by atoms with van der Waals surface area (Å²) in [6.07, 6.45) is 3.34. The number of pyridine rings is 1. The zero-order valence-corrected chi connectivity index (χ0v) is 15.3. The van der Waals surface area contributed by atoms with E-state index in [0.29, 0.717) is 23.8 Å². The van der Waals surface area contributed by atoms with Gasteiger partial charge in [0.15, 0.2) is 5.78 Å². The third-order valence-electron chi connectivity index (χ3n) is 4.88. The number of ketones is 1. The van der Waals surface area contributed by atoms with Gasteiger partial charge in [0.25, 0.3) is 5.56 Å². The molecule has 6 nitrogen and oxygen atoms in total. The fraction of sp³-hybridized carbons (Fsp3) is 0.238. The number of hydrogen-bond donors (Lipinski definition) is 0. The van der Waals surface area contributed by atoms with Crippen LogP contribution >= 0.6 is 0 Å². The first-order valence-electron chi connectivity index (χ1n) is 8.84. The zero-order valence-electron chi connectivity index (χ0n) is 15.3. The standard InChI is InChI=1S/C21H20N4O2/c1-21(2)14-24-19(27)12-17(15-8-10-22-11-9-15)23-20(24)25(21)13-18(26)16-6-4-3-5-7-16/h3-12H,13-14H2,1-2H3. The van der Waals surface area contributed by atoms with Gasteiger partial charge in [0.1, 0.15) is 0 Å². The van der Waals surface area contributed by atoms with Crippen molar-refractivity contribution < 1.29 is 4.79 Å². The van der Waals surface area contributed by atoms with Gasteiger partial charge in [-0.25, -0.2) is 4.98 Å². The summed E-state index contributed by atoms with van der Waals surface area (Å²) in [7, 11) is 0. The van der Waals surface area contributed by atoms with Crippen LogP contribution in [0.1, 0.15) is 24.2 Å². The maximum atomic E-state index is 12.8. The Morgan fingerprint density at radius 3 is 2.52 bits per heavy atom. The van der Waals surface area contributed by atoms with Crippen molar-refractivity contribution in [2.45, 2.75) is 25.9 Å². The largest absolute Gasteiger partial charge is 0.328 e. The highest BCUT2D eigenvalue weighted by Gasteiger charge is 2.39. The number of Topliss-reactive ketones (excluding diaryl/α,β-unsaturated/α-hetero) is 1. The monoisotopic (exact) mass is 360 g/mol. The molecule has 1 aromatic carbocycles. The second-order valence-corrected chi connectivity index (χ2v) is 7.29. The molecule has 0 N–H and O–H groups in total. The van der Waals surface area contributed by atoms with Crippen molar-refractivity contribution in [2.75, 3.05) is 11.4 Å². The van der Waals surface area contributed by atoms with E-state index < -0.39 is 0 Å². The number of carbonyl (C=O) groups excluding carboxylic acids is 1. The third-order valence-corrected chi connectivity index (χ3v) is 4.88. The molecule has 0 saturated heterocycles. The van der Waals surface area contributed by atoms with E-state index in [1.54, 1.807) is 29.1 Å². The quantitative estimate of drug-likeness (QED) is 0.669. The molecule has 0 bridgehead atoms. The molecule has 0 radical (unpaired) electrons. The van der Waals surface area contributed by atoms with Crippen molar-refractivity contribution in [1.82, 2.24) is 14.5 Å². The number of nitrogens with zero attached hydrogens (tertiary/aromatic N) is 4. The molecule has 0 unspecified atom stereocenters. The van der Waals surface area contributed by atoms with Crippen molar-refractivity contribution in [3.05, 3.63) is 76.8 Å². The fourth-order valence-corrected chi connectivity index (χ4v) is 3.41. The highest BCUT2D eigenvalue weighted by atomic mass is 16.1. The first-order chi connectivity index (χ1) is 13.0. The lowest BCUT2D eigenvalue weighted by Gasteiger charge is -2.31. The van der Waals surface area contributed by atoms with Crippen molar-refractivity contribution in [1.29, 1.82) is 0 Å². The predicted molar refractivity (Wildman–Crippen MR) is 104 cm³/mol. The van der Waals surface area contributed by atoms with Crippen LogP contribution in [0.4, 0.5) is 5.95 Å². The lowest BCUT2D eigenvalue weighted by molar-refractivity contribution is 0.0993. The van der Waals surface area contributed by atoms with Crippen LogP contribution < -0.4 is 10.5 Å². The van der Waals surface area contributed by atoms with E-state index in [1.807, 2.05) is 49.1 Å². The predicted octanol–water partition coefficient (Wildman–Crippen LogP) is 2.79. The van der Waals surface area contributed by atoms with Crippen LogP contribution in [0.5, 0.6) is 0 Å². The zero-order chi connectivity index (χ0) is 19.0. The Labute approximate surface area is 157 Å². The highest BCUT2D eigenvalue weighted by molar-refractivity contribution is 5.99. The van der Waals surface area contributed by atoms with Crippen molar-refractivity contribution in [3.8, 4) is 11.3 Å². The first kappa shape index (κ1) is 17.1. The summed E-state index contributed by atoms with van der Waals surface area (Å²) in [5, 5.41) is 0. The third kappa shape index (κ3) is 3.14. The summed E-state index contributed by atoms with van der Waals surface area (Å²) in [6, 6.07) is 14.4. The summed E-state index contributed by atoms with van der Waals surface area (Å²) < 4.78 is 1.64. The normalized spacial score (nSPS) is 14.8. The summed E-state index contributed by atoms with van der Waals surface area (Å²) in [6.45, 7) is 4.70. The molecule has 27 heavy (non-hydrogen) atoms. The van der Waals surface area contributed by atoms with Crippen LogP contribution in [-0.2, 0) is 6.54 Å². The van der Waals surface area contributed by atoms with Gasteiger partial charge in [0.2, 0.25) is 5.95 Å². The number of fused-ring (bicyclic) bond motifs is 1. The maximum absolute atomic E-state index is 12.8. The van der Waals surface area contributed by atoms with Gasteiger partial charge in [-0.05, 0) is 26.0 Å². The van der Waals surface area contributed by atoms with Gasteiger partial charge >= 0.3 is 0 Å². The van der Waals surface area contributed by atoms with Gasteiger partial charge in [0.05, 0.1) is 24.3 Å². The molecule has 2 aromatic heterocycles. The summed E-state index contributed by atoms with van der Waals surface area (Å²) in [5.74, 6) is 0.532. The summed E-state index contributed by atoms with van der Waals surface area (Å²) in [4.78, 5) is 36.1. The van der Waals surface area contributed by atoms with Gasteiger partial charge in [-0.1, -0.05) is 30.3 Å². The Bertz CT molecular complexity index is 1040. The van der Waals surface area contributed by atoms with E-state index in [4.69, 9.17) is 4.98 Å². The molecule has 0 spiro atoms. The molecule has 3 aromatic rings. The Morgan fingerprint density at radius 1 is 1.11 bits per heavy atom. The highest BCUT2D eigenvalue weighted by Crippen LogP contribution is 2.32. The van der Waals surface area contributed by atoms with Crippen LogP contribution in [0.15, 0.2) is 65.7 Å². The Morgan fingerprint density at radius 2 is 1.81 bits per heavy atom. The molecule has 1 aliphatic rings. The smallest absolute Gasteiger partial charge is 0.255 e. The first-order valence-corrected chi connectivity index (χ1v) is 8.84. The van der Waals surface area contributed by atoms with E-state index in [9.17, 15) is 9.59 Å². The summed E-state index contributed by atoms with van der Waals surface area (Å²) >= 11 is 0. The van der Waals surface area contributed by atoms with Crippen LogP contribution in [0, 0.1) is 0 Å². The molecular formula is C21H20N4O2. The van der Waals surface area contributed by atoms with Gasteiger partial charge in [-0.2, -0.15) is 0 Å². The number of hydrogen-bond acceptors (Lipinski definition) is 5. The molecule has 6 heteroatoms. The van der Waals surface area contributed by atoms with Gasteiger partial charge in [-0.15, -0.1) is 0 Å². The van der Waals surface area contributed by atoms with E-state index in [1.165, 1.54) is 6.07 Å². The van der Waals surface area contributed by atoms with E-state index in [-0.39, 0.29) is 23.4 Å². The number of rotatable bonds is 4. The summed E-state index contributed by atoms with van der Waals surface area (Å²) in [5.41, 5.74) is 1.56. The molecule has 0 aliphatic carbocycles. The molecule has 3 heterocycles. The number of anilines is 1. The average molecular weight is 360 g/mol. The van der Waals surface area contributed by atoms with Gasteiger partial charge < -0.3 is 4.90 Å².